The topological polar surface area (TPSA) is 77.1 Å². The zero-order valence-electron chi connectivity index (χ0n) is 16.4. The lowest BCUT2D eigenvalue weighted by molar-refractivity contribution is 0.102. The van der Waals surface area contributed by atoms with Crippen LogP contribution in [-0.4, -0.2) is 15.7 Å². The maximum Gasteiger partial charge on any atom is 0.336 e. The van der Waals surface area contributed by atoms with Crippen molar-refractivity contribution in [2.24, 2.45) is 0 Å². The van der Waals surface area contributed by atoms with Crippen LogP contribution >= 0.6 is 0 Å². The van der Waals surface area contributed by atoms with E-state index in [0.29, 0.717) is 17.0 Å². The first kappa shape index (κ1) is 18.4. The van der Waals surface area contributed by atoms with E-state index in [9.17, 15) is 9.59 Å². The minimum absolute atomic E-state index is 0.223. The fourth-order valence-electron chi connectivity index (χ4n) is 4.08. The lowest BCUT2D eigenvalue weighted by Crippen LogP contribution is -2.15. The molecule has 0 spiro atoms. The van der Waals surface area contributed by atoms with E-state index in [1.165, 1.54) is 6.07 Å². The fourth-order valence-corrected chi connectivity index (χ4v) is 4.08. The molecule has 0 atom stereocenters. The maximum absolute atomic E-state index is 13.2. The third-order valence-electron chi connectivity index (χ3n) is 5.52. The van der Waals surface area contributed by atoms with Gasteiger partial charge in [0.05, 0.1) is 5.69 Å². The molecular formula is C24H21N3O3. The number of carbonyl (C=O) groups is 1. The van der Waals surface area contributed by atoms with E-state index in [1.54, 1.807) is 24.3 Å². The zero-order valence-corrected chi connectivity index (χ0v) is 16.4. The van der Waals surface area contributed by atoms with Gasteiger partial charge in [-0.1, -0.05) is 24.6 Å². The number of nitrogens with one attached hydrogen (secondary N) is 1. The third-order valence-corrected chi connectivity index (χ3v) is 5.52. The predicted molar refractivity (Wildman–Crippen MR) is 115 cm³/mol. The van der Waals surface area contributed by atoms with Gasteiger partial charge in [0, 0.05) is 28.4 Å². The summed E-state index contributed by atoms with van der Waals surface area (Å²) in [6, 6.07) is 18.2. The van der Waals surface area contributed by atoms with Crippen LogP contribution in [0.25, 0.3) is 16.7 Å². The molecule has 2 heterocycles. The summed E-state index contributed by atoms with van der Waals surface area (Å²) in [6.45, 7) is 0. The Morgan fingerprint density at radius 1 is 0.967 bits per heavy atom. The van der Waals surface area contributed by atoms with Gasteiger partial charge in [0.25, 0.3) is 5.91 Å². The number of fused-ring (bicyclic) bond motifs is 2. The number of hydrogen-bond acceptors (Lipinski definition) is 4. The van der Waals surface area contributed by atoms with Gasteiger partial charge in [-0.15, -0.1) is 0 Å². The lowest BCUT2D eigenvalue weighted by Gasteiger charge is -2.06. The molecule has 0 saturated heterocycles. The Bertz CT molecular complexity index is 1290. The number of aromatic nitrogens is 2. The summed E-state index contributed by atoms with van der Waals surface area (Å²) in [5.74, 6) is -0.223. The monoisotopic (exact) mass is 399 g/mol. The third kappa shape index (κ3) is 3.41. The summed E-state index contributed by atoms with van der Waals surface area (Å²) < 4.78 is 7.08. The van der Waals surface area contributed by atoms with Crippen LogP contribution in [0.15, 0.2) is 69.9 Å². The Morgan fingerprint density at radius 2 is 1.80 bits per heavy atom. The highest BCUT2D eigenvalue weighted by Gasteiger charge is 2.24. The molecule has 1 amide bonds. The molecule has 2 aromatic carbocycles. The molecule has 1 aliphatic rings. The smallest absolute Gasteiger partial charge is 0.336 e. The molecule has 0 radical (unpaired) electrons. The van der Waals surface area contributed by atoms with Crippen LogP contribution in [-0.2, 0) is 12.8 Å². The van der Waals surface area contributed by atoms with Gasteiger partial charge in [0.1, 0.15) is 5.58 Å². The molecule has 0 aliphatic heterocycles. The largest absolute Gasteiger partial charge is 0.423 e. The number of rotatable bonds is 3. The normalized spacial score (nSPS) is 13.6. The number of hydrogen-bond donors (Lipinski definition) is 1. The number of benzene rings is 2. The number of nitrogens with zero attached hydrogens (tertiary/aromatic N) is 2. The Morgan fingerprint density at radius 3 is 2.67 bits per heavy atom. The molecule has 6 heteroatoms. The highest BCUT2D eigenvalue weighted by molar-refractivity contribution is 6.05. The second-order valence-corrected chi connectivity index (χ2v) is 7.54. The average molecular weight is 399 g/mol. The van der Waals surface area contributed by atoms with Gasteiger partial charge in [-0.3, -0.25) is 4.79 Å². The molecule has 0 saturated carbocycles. The van der Waals surface area contributed by atoms with Gasteiger partial charge < -0.3 is 9.73 Å². The van der Waals surface area contributed by atoms with E-state index in [0.717, 1.165) is 54.4 Å². The lowest BCUT2D eigenvalue weighted by atomic mass is 10.1. The number of anilines is 1. The molecule has 0 fully saturated rings. The highest BCUT2D eigenvalue weighted by atomic mass is 16.4. The second-order valence-electron chi connectivity index (χ2n) is 7.54. The first-order valence-corrected chi connectivity index (χ1v) is 10.2. The van der Waals surface area contributed by atoms with Crippen LogP contribution in [0.2, 0.25) is 0 Å². The van der Waals surface area contributed by atoms with Crippen molar-refractivity contribution in [2.45, 2.75) is 32.1 Å². The Hall–Kier alpha value is -3.67. The van der Waals surface area contributed by atoms with Crippen molar-refractivity contribution in [1.82, 2.24) is 9.78 Å². The van der Waals surface area contributed by atoms with Crippen LogP contribution in [0, 0.1) is 0 Å². The zero-order chi connectivity index (χ0) is 20.5. The average Bonchev–Trinajstić information content (AvgIpc) is 2.95. The minimum atomic E-state index is -0.395. The molecular weight excluding hydrogens is 378 g/mol. The Kier molecular flexibility index (Phi) is 4.67. The first-order chi connectivity index (χ1) is 14.7. The molecule has 6 nitrogen and oxygen atoms in total. The first-order valence-electron chi connectivity index (χ1n) is 10.2. The molecule has 4 aromatic rings. The van der Waals surface area contributed by atoms with Crippen LogP contribution in [0.1, 0.15) is 41.0 Å². The highest BCUT2D eigenvalue weighted by Crippen LogP contribution is 2.27. The van der Waals surface area contributed by atoms with Crippen LogP contribution < -0.4 is 10.9 Å². The number of amides is 1. The van der Waals surface area contributed by atoms with Crippen LogP contribution in [0.5, 0.6) is 0 Å². The summed E-state index contributed by atoms with van der Waals surface area (Å²) in [6.07, 6.45) is 5.08. The van der Waals surface area contributed by atoms with E-state index in [-0.39, 0.29) is 5.91 Å². The van der Waals surface area contributed by atoms with Gasteiger partial charge in [-0.05, 0) is 62.1 Å². The predicted octanol–water partition coefficient (Wildman–Crippen LogP) is 4.50. The van der Waals surface area contributed by atoms with E-state index >= 15 is 0 Å². The van der Waals surface area contributed by atoms with Gasteiger partial charge in [-0.25, -0.2) is 9.48 Å². The van der Waals surface area contributed by atoms with Crippen molar-refractivity contribution in [1.29, 1.82) is 0 Å². The SMILES string of the molecule is O=C(Nc1ccc2oc(=O)ccc2c1)c1nn(-c2ccccc2)c2c1CCCCC2. The fraction of sp³-hybridized carbons (Fsp3) is 0.208. The molecule has 150 valence electrons. The molecule has 1 N–H and O–H groups in total. The molecule has 2 aromatic heterocycles. The Balaban J connectivity index is 1.52. The molecule has 5 rings (SSSR count). The molecule has 0 unspecified atom stereocenters. The van der Waals surface area contributed by atoms with E-state index in [4.69, 9.17) is 9.52 Å². The van der Waals surface area contributed by atoms with Crippen molar-refractivity contribution in [3.05, 3.63) is 88.0 Å². The van der Waals surface area contributed by atoms with Gasteiger partial charge in [0.2, 0.25) is 0 Å². The molecule has 1 aliphatic carbocycles. The van der Waals surface area contributed by atoms with Crippen LogP contribution in [0.3, 0.4) is 0 Å². The summed E-state index contributed by atoms with van der Waals surface area (Å²) in [5.41, 5.74) is 4.35. The van der Waals surface area contributed by atoms with Crippen LogP contribution in [0.4, 0.5) is 5.69 Å². The van der Waals surface area contributed by atoms with Gasteiger partial charge >= 0.3 is 5.63 Å². The van der Waals surface area contributed by atoms with Crippen molar-refractivity contribution >= 4 is 22.6 Å². The standard InChI is InChI=1S/C24H21N3O3/c28-22-14-11-16-15-17(12-13-21(16)30-22)25-24(29)23-19-9-5-2-6-10-20(19)27(26-23)18-7-3-1-4-8-18/h1,3-4,7-8,11-15H,2,5-6,9-10H2,(H,25,29). The maximum atomic E-state index is 13.2. The minimum Gasteiger partial charge on any atom is -0.423 e. The second kappa shape index (κ2) is 7.63. The van der Waals surface area contributed by atoms with E-state index < -0.39 is 5.63 Å². The molecule has 30 heavy (non-hydrogen) atoms. The van der Waals surface area contributed by atoms with Gasteiger partial charge in [-0.2, -0.15) is 5.10 Å². The number of para-hydroxylation sites is 1. The van der Waals surface area contributed by atoms with Crippen molar-refractivity contribution in [3.63, 3.8) is 0 Å². The summed E-state index contributed by atoms with van der Waals surface area (Å²) in [7, 11) is 0. The summed E-state index contributed by atoms with van der Waals surface area (Å²) in [4.78, 5) is 24.5. The van der Waals surface area contributed by atoms with Crippen molar-refractivity contribution < 1.29 is 9.21 Å². The summed E-state index contributed by atoms with van der Waals surface area (Å²) >= 11 is 0. The quantitative estimate of drug-likeness (QED) is 0.406. The van der Waals surface area contributed by atoms with Crippen molar-refractivity contribution in [2.75, 3.05) is 5.32 Å². The Labute approximate surface area is 173 Å². The molecule has 0 bridgehead atoms. The number of carbonyl (C=O) groups excluding carboxylic acids is 1. The van der Waals surface area contributed by atoms with E-state index in [2.05, 4.69) is 5.32 Å². The van der Waals surface area contributed by atoms with Gasteiger partial charge in [0.15, 0.2) is 5.69 Å². The van der Waals surface area contributed by atoms with Crippen molar-refractivity contribution in [3.8, 4) is 5.69 Å². The summed E-state index contributed by atoms with van der Waals surface area (Å²) in [5, 5.41) is 8.44. The van der Waals surface area contributed by atoms with E-state index in [1.807, 2.05) is 35.0 Å².